The first-order valence-corrected chi connectivity index (χ1v) is 5.58. The monoisotopic (exact) mass is 225 g/mol. The first kappa shape index (κ1) is 11.4. The third kappa shape index (κ3) is 2.36. The largest absolute Gasteiger partial charge is 0.487 e. The number of hydrogen-bond donors (Lipinski definition) is 0. The molecule has 2 rings (SSSR count). The van der Waals surface area contributed by atoms with Gasteiger partial charge in [-0.2, -0.15) is 0 Å². The molecule has 0 aliphatic carbocycles. The Morgan fingerprint density at radius 2 is 2.06 bits per heavy atom. The molecule has 2 nitrogen and oxygen atoms in total. The van der Waals surface area contributed by atoms with Crippen molar-refractivity contribution in [3.63, 3.8) is 0 Å². The molecule has 1 aromatic carbocycles. The van der Waals surface area contributed by atoms with Crippen LogP contribution in [0.1, 0.15) is 5.56 Å². The van der Waals surface area contributed by atoms with E-state index in [1.54, 1.807) is 12.3 Å². The number of rotatable bonds is 5. The van der Waals surface area contributed by atoms with Gasteiger partial charge in [-0.15, -0.1) is 6.58 Å². The van der Waals surface area contributed by atoms with Crippen LogP contribution < -0.4 is 4.74 Å². The summed E-state index contributed by atoms with van der Waals surface area (Å²) in [5, 5.41) is 1.08. The molecule has 0 amide bonds. The van der Waals surface area contributed by atoms with Gasteiger partial charge < -0.3 is 4.74 Å². The number of hydrogen-bond acceptors (Lipinski definition) is 2. The fourth-order valence-electron chi connectivity index (χ4n) is 1.78. The Morgan fingerprint density at radius 3 is 2.82 bits per heavy atom. The highest BCUT2D eigenvalue weighted by Gasteiger charge is 2.08. The van der Waals surface area contributed by atoms with Crippen molar-refractivity contribution in [2.24, 2.45) is 0 Å². The van der Waals surface area contributed by atoms with E-state index in [-0.39, 0.29) is 0 Å². The highest BCUT2D eigenvalue weighted by Crippen LogP contribution is 2.28. The van der Waals surface area contributed by atoms with Crippen LogP contribution in [0.4, 0.5) is 0 Å². The van der Waals surface area contributed by atoms with Crippen molar-refractivity contribution < 1.29 is 4.74 Å². The maximum Gasteiger partial charge on any atom is 0.149 e. The smallest absolute Gasteiger partial charge is 0.149 e. The molecule has 0 aliphatic rings. The molecule has 0 saturated carbocycles. The number of nitrogens with zero attached hydrogens (tertiary/aromatic N) is 1. The maximum absolute atomic E-state index is 5.72. The van der Waals surface area contributed by atoms with Gasteiger partial charge in [-0.1, -0.05) is 36.9 Å². The Morgan fingerprint density at radius 1 is 1.18 bits per heavy atom. The molecule has 0 aliphatic heterocycles. The minimum Gasteiger partial charge on any atom is -0.487 e. The molecule has 17 heavy (non-hydrogen) atoms. The van der Waals surface area contributed by atoms with Crippen molar-refractivity contribution in [1.82, 2.24) is 4.98 Å². The second kappa shape index (κ2) is 5.30. The van der Waals surface area contributed by atoms with Gasteiger partial charge in [0.1, 0.15) is 17.9 Å². The summed E-state index contributed by atoms with van der Waals surface area (Å²) in [6.45, 7) is 7.91. The van der Waals surface area contributed by atoms with Crippen molar-refractivity contribution >= 4 is 10.9 Å². The van der Waals surface area contributed by atoms with Gasteiger partial charge in [0.2, 0.25) is 0 Å². The summed E-state index contributed by atoms with van der Waals surface area (Å²) < 4.78 is 5.72. The summed E-state index contributed by atoms with van der Waals surface area (Å²) in [6.07, 6.45) is 6.16. The van der Waals surface area contributed by atoms with Crippen LogP contribution in [0.2, 0.25) is 0 Å². The van der Waals surface area contributed by atoms with Gasteiger partial charge in [-0.25, -0.2) is 0 Å². The standard InChI is InChI=1S/C15H15NO/c1-3-6-13-9-8-12-7-5-10-16-14(12)15(13)17-11-4-2/h3-5,7-10H,1-2,6,11H2. The molecular weight excluding hydrogens is 210 g/mol. The number of fused-ring (bicyclic) bond motifs is 1. The van der Waals surface area contributed by atoms with Crippen molar-refractivity contribution in [2.75, 3.05) is 6.61 Å². The lowest BCUT2D eigenvalue weighted by atomic mass is 10.1. The van der Waals surface area contributed by atoms with E-state index in [2.05, 4.69) is 30.3 Å². The topological polar surface area (TPSA) is 22.1 Å². The van der Waals surface area contributed by atoms with Gasteiger partial charge in [0.05, 0.1) is 0 Å². The van der Waals surface area contributed by atoms with Crippen LogP contribution >= 0.6 is 0 Å². The summed E-state index contributed by atoms with van der Waals surface area (Å²) in [4.78, 5) is 4.38. The van der Waals surface area contributed by atoms with E-state index in [4.69, 9.17) is 4.74 Å². The van der Waals surface area contributed by atoms with Crippen molar-refractivity contribution in [3.8, 4) is 5.75 Å². The second-order valence-electron chi connectivity index (χ2n) is 3.72. The lowest BCUT2D eigenvalue weighted by Gasteiger charge is -2.11. The van der Waals surface area contributed by atoms with E-state index in [0.717, 1.165) is 28.6 Å². The number of ether oxygens (including phenoxy) is 1. The summed E-state index contributed by atoms with van der Waals surface area (Å²) in [5.41, 5.74) is 2.00. The quantitative estimate of drug-likeness (QED) is 0.726. The minimum atomic E-state index is 0.486. The van der Waals surface area contributed by atoms with Crippen molar-refractivity contribution in [3.05, 3.63) is 61.3 Å². The van der Waals surface area contributed by atoms with Gasteiger partial charge >= 0.3 is 0 Å². The zero-order valence-corrected chi connectivity index (χ0v) is 9.73. The van der Waals surface area contributed by atoms with E-state index in [1.807, 2.05) is 18.2 Å². The normalized spacial score (nSPS) is 10.1. The minimum absolute atomic E-state index is 0.486. The lowest BCUT2D eigenvalue weighted by molar-refractivity contribution is 0.363. The molecule has 0 radical (unpaired) electrons. The summed E-state index contributed by atoms with van der Waals surface area (Å²) in [6, 6.07) is 8.07. The van der Waals surface area contributed by atoms with Gasteiger partial charge in [0.15, 0.2) is 0 Å². The third-order valence-corrected chi connectivity index (χ3v) is 2.52. The van der Waals surface area contributed by atoms with Crippen molar-refractivity contribution in [1.29, 1.82) is 0 Å². The summed E-state index contributed by atoms with van der Waals surface area (Å²) in [5.74, 6) is 0.836. The molecular formula is C15H15NO. The Labute approximate surface area is 101 Å². The molecule has 2 aromatic rings. The van der Waals surface area contributed by atoms with E-state index in [9.17, 15) is 0 Å². The maximum atomic E-state index is 5.72. The Hall–Kier alpha value is -2.09. The average Bonchev–Trinajstić information content (AvgIpc) is 2.37. The highest BCUT2D eigenvalue weighted by atomic mass is 16.5. The SMILES string of the molecule is C=CCOc1c(CC=C)ccc2cccnc12. The van der Waals surface area contributed by atoms with Crippen LogP contribution in [0.3, 0.4) is 0 Å². The number of aromatic nitrogens is 1. The first-order chi connectivity index (χ1) is 8.36. The zero-order chi connectivity index (χ0) is 12.1. The van der Waals surface area contributed by atoms with E-state index < -0.39 is 0 Å². The fraction of sp³-hybridized carbons (Fsp3) is 0.133. The molecule has 0 N–H and O–H groups in total. The molecule has 0 saturated heterocycles. The predicted octanol–water partition coefficient (Wildman–Crippen LogP) is 3.53. The Balaban J connectivity index is 2.56. The van der Waals surface area contributed by atoms with Crippen LogP contribution in [0.15, 0.2) is 55.8 Å². The number of allylic oxidation sites excluding steroid dienone is 1. The first-order valence-electron chi connectivity index (χ1n) is 5.58. The molecule has 2 heteroatoms. The average molecular weight is 225 g/mol. The molecule has 1 heterocycles. The van der Waals surface area contributed by atoms with Gasteiger partial charge in [-0.3, -0.25) is 4.98 Å². The molecule has 86 valence electrons. The number of pyridine rings is 1. The molecule has 0 bridgehead atoms. The summed E-state index contributed by atoms with van der Waals surface area (Å²) in [7, 11) is 0. The van der Waals surface area contributed by atoms with Crippen LogP contribution in [0, 0.1) is 0 Å². The predicted molar refractivity (Wildman–Crippen MR) is 71.3 cm³/mol. The van der Waals surface area contributed by atoms with Gasteiger partial charge in [-0.05, 0) is 12.5 Å². The van der Waals surface area contributed by atoms with Gasteiger partial charge in [0.25, 0.3) is 0 Å². The molecule has 0 fully saturated rings. The lowest BCUT2D eigenvalue weighted by Crippen LogP contribution is -1.99. The van der Waals surface area contributed by atoms with Crippen molar-refractivity contribution in [2.45, 2.75) is 6.42 Å². The fourth-order valence-corrected chi connectivity index (χ4v) is 1.78. The Kier molecular flexibility index (Phi) is 3.55. The van der Waals surface area contributed by atoms with Crippen LogP contribution in [0.25, 0.3) is 10.9 Å². The molecule has 1 aromatic heterocycles. The molecule has 0 spiro atoms. The highest BCUT2D eigenvalue weighted by molar-refractivity contribution is 5.85. The van der Waals surface area contributed by atoms with Gasteiger partial charge in [0, 0.05) is 17.1 Å². The number of benzene rings is 1. The molecule has 0 atom stereocenters. The van der Waals surface area contributed by atoms with Crippen LogP contribution in [-0.4, -0.2) is 11.6 Å². The summed E-state index contributed by atoms with van der Waals surface area (Å²) >= 11 is 0. The third-order valence-electron chi connectivity index (χ3n) is 2.52. The van der Waals surface area contributed by atoms with E-state index in [0.29, 0.717) is 6.61 Å². The van der Waals surface area contributed by atoms with Crippen LogP contribution in [0.5, 0.6) is 5.75 Å². The molecule has 0 unspecified atom stereocenters. The van der Waals surface area contributed by atoms with E-state index in [1.165, 1.54) is 0 Å². The second-order valence-corrected chi connectivity index (χ2v) is 3.72. The van der Waals surface area contributed by atoms with Crippen LogP contribution in [-0.2, 0) is 6.42 Å². The Bertz CT molecular complexity index is 546. The van der Waals surface area contributed by atoms with E-state index >= 15 is 0 Å². The zero-order valence-electron chi connectivity index (χ0n) is 9.73.